The van der Waals surface area contributed by atoms with E-state index in [1.807, 2.05) is 0 Å². The van der Waals surface area contributed by atoms with Gasteiger partial charge in [0.25, 0.3) is 5.91 Å². The predicted octanol–water partition coefficient (Wildman–Crippen LogP) is 1.97. The lowest BCUT2D eigenvalue weighted by Crippen LogP contribution is -2.13. The smallest absolute Gasteiger partial charge is 0.420 e. The number of nitrogens with two attached hydrogens (primary N) is 2. The van der Waals surface area contributed by atoms with E-state index in [0.717, 1.165) is 12.1 Å². The maximum Gasteiger partial charge on any atom is 0.420 e. The molecule has 0 saturated heterocycles. The van der Waals surface area contributed by atoms with Gasteiger partial charge in [-0.2, -0.15) is 13.2 Å². The van der Waals surface area contributed by atoms with Crippen LogP contribution in [0.4, 0.5) is 18.9 Å². The monoisotopic (exact) mass is 298 g/mol. The molecule has 1 aromatic heterocycles. The Morgan fingerprint density at radius 2 is 1.86 bits per heavy atom. The van der Waals surface area contributed by atoms with Crippen LogP contribution >= 0.6 is 0 Å². The van der Waals surface area contributed by atoms with Gasteiger partial charge in [-0.25, -0.2) is 0 Å². The van der Waals surface area contributed by atoms with Crippen LogP contribution in [0.25, 0.3) is 0 Å². The van der Waals surface area contributed by atoms with Gasteiger partial charge in [0.2, 0.25) is 5.88 Å². The largest absolute Gasteiger partial charge is 0.437 e. The van der Waals surface area contributed by atoms with Crippen molar-refractivity contribution in [1.29, 1.82) is 0 Å². The number of rotatable bonds is 3. The Balaban J connectivity index is 2.33. The molecule has 9 heteroatoms. The number of amides is 1. The van der Waals surface area contributed by atoms with Gasteiger partial charge in [-0.15, -0.1) is 10.2 Å². The van der Waals surface area contributed by atoms with E-state index in [1.54, 1.807) is 0 Å². The Bertz CT molecular complexity index is 671. The normalized spacial score (nSPS) is 11.2. The Kier molecular flexibility index (Phi) is 3.66. The number of benzene rings is 1. The van der Waals surface area contributed by atoms with Crippen molar-refractivity contribution >= 4 is 11.6 Å². The number of anilines is 1. The van der Waals surface area contributed by atoms with Crippen molar-refractivity contribution in [3.63, 3.8) is 0 Å². The van der Waals surface area contributed by atoms with E-state index in [9.17, 15) is 18.0 Å². The van der Waals surface area contributed by atoms with E-state index < -0.39 is 23.4 Å². The van der Waals surface area contributed by atoms with E-state index in [1.165, 1.54) is 18.2 Å². The number of carbonyl (C=O) groups is 1. The molecule has 21 heavy (non-hydrogen) atoms. The molecule has 0 radical (unpaired) electrons. The second-order valence-corrected chi connectivity index (χ2v) is 3.98. The van der Waals surface area contributed by atoms with Crippen LogP contribution in [-0.4, -0.2) is 16.1 Å². The van der Waals surface area contributed by atoms with Gasteiger partial charge in [0.05, 0.1) is 0 Å². The zero-order valence-corrected chi connectivity index (χ0v) is 10.4. The van der Waals surface area contributed by atoms with E-state index in [4.69, 9.17) is 16.2 Å². The molecule has 0 aliphatic rings. The summed E-state index contributed by atoms with van der Waals surface area (Å²) in [6.45, 7) is 0. The first-order valence-electron chi connectivity index (χ1n) is 5.55. The van der Waals surface area contributed by atoms with Crippen LogP contribution in [-0.2, 0) is 6.18 Å². The van der Waals surface area contributed by atoms with Crippen LogP contribution in [0.5, 0.6) is 11.6 Å². The molecular formula is C12H9F3N4O2. The van der Waals surface area contributed by atoms with Crippen LogP contribution < -0.4 is 16.2 Å². The summed E-state index contributed by atoms with van der Waals surface area (Å²) in [7, 11) is 0. The second kappa shape index (κ2) is 5.27. The molecule has 0 fully saturated rings. The highest BCUT2D eigenvalue weighted by atomic mass is 19.4. The van der Waals surface area contributed by atoms with Gasteiger partial charge < -0.3 is 16.2 Å². The number of alkyl halides is 3. The molecule has 2 rings (SSSR count). The van der Waals surface area contributed by atoms with Crippen molar-refractivity contribution in [2.75, 3.05) is 5.73 Å². The summed E-state index contributed by atoms with van der Waals surface area (Å²) < 4.78 is 43.6. The number of aromatic nitrogens is 2. The first kappa shape index (κ1) is 14.6. The number of carbonyl (C=O) groups excluding carboxylic acids is 1. The Morgan fingerprint density at radius 3 is 2.38 bits per heavy atom. The molecule has 6 nitrogen and oxygen atoms in total. The quantitative estimate of drug-likeness (QED) is 0.843. The highest BCUT2D eigenvalue weighted by molar-refractivity contribution is 5.90. The minimum atomic E-state index is -4.63. The summed E-state index contributed by atoms with van der Waals surface area (Å²) in [6.07, 6.45) is -4.63. The number of halogens is 3. The van der Waals surface area contributed by atoms with Crippen LogP contribution in [0.1, 0.15) is 16.1 Å². The molecule has 0 bridgehead atoms. The number of primary amides is 1. The van der Waals surface area contributed by atoms with Gasteiger partial charge in [0.15, 0.2) is 5.69 Å². The molecule has 110 valence electrons. The van der Waals surface area contributed by atoms with Gasteiger partial charge in [-0.3, -0.25) is 4.79 Å². The zero-order chi connectivity index (χ0) is 15.6. The number of nitrogen functional groups attached to an aromatic ring is 1. The van der Waals surface area contributed by atoms with Gasteiger partial charge in [-0.1, -0.05) is 0 Å². The lowest BCUT2D eigenvalue weighted by atomic mass is 10.1. The molecule has 0 unspecified atom stereocenters. The summed E-state index contributed by atoms with van der Waals surface area (Å²) in [4.78, 5) is 10.8. The summed E-state index contributed by atoms with van der Waals surface area (Å²) >= 11 is 0. The highest BCUT2D eigenvalue weighted by Gasteiger charge is 2.35. The van der Waals surface area contributed by atoms with Gasteiger partial charge >= 0.3 is 6.18 Å². The van der Waals surface area contributed by atoms with Crippen LogP contribution in [0.2, 0.25) is 0 Å². The topological polar surface area (TPSA) is 104 Å². The number of nitrogens with zero attached hydrogens (tertiary/aromatic N) is 2. The Hall–Kier alpha value is -2.84. The molecule has 4 N–H and O–H groups in total. The van der Waals surface area contributed by atoms with E-state index in [-0.39, 0.29) is 17.3 Å². The predicted molar refractivity (Wildman–Crippen MR) is 66.5 cm³/mol. The lowest BCUT2D eigenvalue weighted by Gasteiger charge is -2.13. The van der Waals surface area contributed by atoms with Crippen LogP contribution in [0, 0.1) is 0 Å². The molecule has 0 aliphatic carbocycles. The third-order valence-electron chi connectivity index (χ3n) is 2.42. The summed E-state index contributed by atoms with van der Waals surface area (Å²) in [5, 5.41) is 6.90. The Morgan fingerprint density at radius 1 is 1.14 bits per heavy atom. The molecule has 2 aromatic rings. The molecule has 0 atom stereocenters. The molecule has 1 aromatic carbocycles. The van der Waals surface area contributed by atoms with Gasteiger partial charge in [0.1, 0.15) is 11.3 Å². The third kappa shape index (κ3) is 3.38. The molecule has 1 amide bonds. The van der Waals surface area contributed by atoms with Gasteiger partial charge in [-0.05, 0) is 24.3 Å². The molecule has 0 spiro atoms. The first-order chi connectivity index (χ1) is 9.77. The molecule has 0 saturated carbocycles. The highest BCUT2D eigenvalue weighted by Crippen LogP contribution is 2.38. The van der Waals surface area contributed by atoms with Crippen LogP contribution in [0.3, 0.4) is 0 Å². The molecule has 1 heterocycles. The summed E-state index contributed by atoms with van der Waals surface area (Å²) in [6, 6.07) is 5.46. The van der Waals surface area contributed by atoms with E-state index in [2.05, 4.69) is 10.2 Å². The lowest BCUT2D eigenvalue weighted by molar-refractivity contribution is -0.138. The van der Waals surface area contributed by atoms with Crippen molar-refractivity contribution in [1.82, 2.24) is 10.2 Å². The molecule has 0 aliphatic heterocycles. The SMILES string of the molecule is NC(=O)c1ccc(Oc2ccc(N)cc2C(F)(F)F)nn1. The fourth-order valence-corrected chi connectivity index (χ4v) is 1.48. The van der Waals surface area contributed by atoms with Crippen LogP contribution in [0.15, 0.2) is 30.3 Å². The van der Waals surface area contributed by atoms with Crippen molar-refractivity contribution in [2.45, 2.75) is 6.18 Å². The first-order valence-corrected chi connectivity index (χ1v) is 5.55. The fourth-order valence-electron chi connectivity index (χ4n) is 1.48. The second-order valence-electron chi connectivity index (χ2n) is 3.98. The maximum absolute atomic E-state index is 12.9. The maximum atomic E-state index is 12.9. The third-order valence-corrected chi connectivity index (χ3v) is 2.42. The minimum absolute atomic E-state index is 0.0511. The van der Waals surface area contributed by atoms with Crippen molar-refractivity contribution in [3.05, 3.63) is 41.6 Å². The molecular weight excluding hydrogens is 289 g/mol. The van der Waals surface area contributed by atoms with Crippen molar-refractivity contribution < 1.29 is 22.7 Å². The average Bonchev–Trinajstić information content (AvgIpc) is 2.40. The fraction of sp³-hybridized carbons (Fsp3) is 0.0833. The van der Waals surface area contributed by atoms with E-state index >= 15 is 0 Å². The number of hydrogen-bond donors (Lipinski definition) is 2. The van der Waals surface area contributed by atoms with E-state index in [0.29, 0.717) is 0 Å². The minimum Gasteiger partial charge on any atom is -0.437 e. The summed E-state index contributed by atoms with van der Waals surface area (Å²) in [5.74, 6) is -1.49. The van der Waals surface area contributed by atoms with Crippen molar-refractivity contribution in [3.8, 4) is 11.6 Å². The number of ether oxygens (including phenoxy) is 1. The standard InChI is InChI=1S/C12H9F3N4O2/c13-12(14,15)7-5-6(16)1-3-9(7)21-10-4-2-8(11(17)20)18-19-10/h1-5H,16H2,(H2,17,20). The van der Waals surface area contributed by atoms with Crippen molar-refractivity contribution in [2.24, 2.45) is 5.73 Å². The average molecular weight is 298 g/mol. The number of hydrogen-bond acceptors (Lipinski definition) is 5. The zero-order valence-electron chi connectivity index (χ0n) is 10.4. The van der Waals surface area contributed by atoms with Gasteiger partial charge in [0, 0.05) is 11.8 Å². The Labute approximate surface area is 116 Å². The summed E-state index contributed by atoms with van der Waals surface area (Å²) in [5.41, 5.74) is 9.09.